The van der Waals surface area contributed by atoms with Crippen molar-refractivity contribution in [1.82, 2.24) is 4.98 Å². The molecule has 186 valence electrons. The molecule has 0 aliphatic heterocycles. The van der Waals surface area contributed by atoms with Gasteiger partial charge in [0.25, 0.3) is 10.0 Å². The Balaban J connectivity index is 1.74. The summed E-state index contributed by atoms with van der Waals surface area (Å²) in [4.78, 5) is 16.5. The van der Waals surface area contributed by atoms with Crippen LogP contribution in [0.4, 0.5) is 17.1 Å². The van der Waals surface area contributed by atoms with E-state index in [-0.39, 0.29) is 16.3 Å². The van der Waals surface area contributed by atoms with Crippen LogP contribution in [0.5, 0.6) is 11.5 Å². The van der Waals surface area contributed by atoms with Gasteiger partial charge in [-0.1, -0.05) is 0 Å². The fraction of sp³-hybridized carbons (Fsp3) is 0.182. The number of amides is 1. The predicted molar refractivity (Wildman–Crippen MR) is 132 cm³/mol. The fourth-order valence-corrected chi connectivity index (χ4v) is 4.96. The van der Waals surface area contributed by atoms with E-state index in [0.717, 1.165) is 10.6 Å². The van der Waals surface area contributed by atoms with Crippen LogP contribution in [0.3, 0.4) is 0 Å². The number of pyridine rings is 1. The highest BCUT2D eigenvalue weighted by Gasteiger charge is 2.23. The normalized spacial score (nSPS) is 11.4. The van der Waals surface area contributed by atoms with E-state index in [1.54, 1.807) is 12.1 Å². The van der Waals surface area contributed by atoms with E-state index in [1.165, 1.54) is 69.1 Å². The van der Waals surface area contributed by atoms with Gasteiger partial charge in [-0.15, -0.1) is 0 Å². The summed E-state index contributed by atoms with van der Waals surface area (Å²) in [6.07, 6.45) is 3.87. The molecule has 0 fully saturated rings. The molecule has 0 unspecified atom stereocenters. The molecule has 2 N–H and O–H groups in total. The third-order valence-electron chi connectivity index (χ3n) is 4.70. The minimum Gasteiger partial charge on any atom is -0.493 e. The maximum atomic E-state index is 12.6. The van der Waals surface area contributed by atoms with E-state index in [4.69, 9.17) is 9.47 Å². The number of aromatic nitrogens is 1. The van der Waals surface area contributed by atoms with E-state index in [2.05, 4.69) is 15.0 Å². The summed E-state index contributed by atoms with van der Waals surface area (Å²) < 4.78 is 63.5. The first-order valence-corrected chi connectivity index (χ1v) is 13.4. The zero-order valence-electron chi connectivity index (χ0n) is 19.1. The van der Waals surface area contributed by atoms with Crippen molar-refractivity contribution in [2.45, 2.75) is 4.90 Å². The van der Waals surface area contributed by atoms with Crippen molar-refractivity contribution in [3.05, 3.63) is 67.0 Å². The molecule has 35 heavy (non-hydrogen) atoms. The zero-order chi connectivity index (χ0) is 25.6. The van der Waals surface area contributed by atoms with Gasteiger partial charge in [0, 0.05) is 18.0 Å². The molecule has 0 spiro atoms. The first-order chi connectivity index (χ1) is 16.5. The number of methoxy groups -OCH3 is 2. The van der Waals surface area contributed by atoms with Crippen molar-refractivity contribution in [2.75, 3.05) is 41.4 Å². The van der Waals surface area contributed by atoms with Gasteiger partial charge in [-0.05, 0) is 48.5 Å². The summed E-state index contributed by atoms with van der Waals surface area (Å²) in [5.41, 5.74) is 0.806. The third-order valence-corrected chi connectivity index (χ3v) is 7.24. The number of ether oxygens (including phenoxy) is 2. The van der Waals surface area contributed by atoms with Gasteiger partial charge in [-0.25, -0.2) is 16.8 Å². The van der Waals surface area contributed by atoms with Crippen molar-refractivity contribution < 1.29 is 31.1 Å². The molecule has 0 aliphatic carbocycles. The number of carbonyl (C=O) groups is 1. The number of hydrogen-bond acceptors (Lipinski definition) is 8. The lowest BCUT2D eigenvalue weighted by Crippen LogP contribution is -2.37. The minimum absolute atomic E-state index is 0.0255. The molecule has 0 aliphatic rings. The monoisotopic (exact) mass is 520 g/mol. The van der Waals surface area contributed by atoms with Crippen LogP contribution < -0.4 is 23.8 Å². The second-order valence-electron chi connectivity index (χ2n) is 7.23. The van der Waals surface area contributed by atoms with Crippen LogP contribution in [-0.2, 0) is 24.8 Å². The Morgan fingerprint density at radius 3 is 2.20 bits per heavy atom. The first-order valence-electron chi connectivity index (χ1n) is 10.1. The second-order valence-corrected chi connectivity index (χ2v) is 10.8. The lowest BCUT2D eigenvalue weighted by Gasteiger charge is -2.23. The lowest BCUT2D eigenvalue weighted by molar-refractivity contribution is -0.114. The number of carbonyl (C=O) groups excluding carboxylic acids is 1. The number of nitrogens with one attached hydrogen (secondary N) is 2. The summed E-state index contributed by atoms with van der Waals surface area (Å²) in [6, 6.07) is 13.1. The highest BCUT2D eigenvalue weighted by molar-refractivity contribution is 7.92. The van der Waals surface area contributed by atoms with Crippen LogP contribution in [0.25, 0.3) is 0 Å². The molecular weight excluding hydrogens is 496 g/mol. The molecule has 0 atom stereocenters. The van der Waals surface area contributed by atoms with Crippen molar-refractivity contribution in [3.8, 4) is 11.5 Å². The Morgan fingerprint density at radius 1 is 0.943 bits per heavy atom. The van der Waals surface area contributed by atoms with Gasteiger partial charge >= 0.3 is 0 Å². The van der Waals surface area contributed by atoms with Crippen molar-refractivity contribution in [1.29, 1.82) is 0 Å². The Bertz CT molecular complexity index is 1400. The van der Waals surface area contributed by atoms with Crippen molar-refractivity contribution in [3.63, 3.8) is 0 Å². The quantitative estimate of drug-likeness (QED) is 0.414. The van der Waals surface area contributed by atoms with E-state index in [0.29, 0.717) is 17.2 Å². The van der Waals surface area contributed by atoms with Gasteiger partial charge < -0.3 is 14.8 Å². The number of benzene rings is 2. The average molecular weight is 521 g/mol. The molecule has 0 bridgehead atoms. The summed E-state index contributed by atoms with van der Waals surface area (Å²) in [5.74, 6) is 0.0762. The SMILES string of the molecule is COc1ccc(N(CC(=O)Nc2ccc(S(=O)(=O)Nc3cccnc3)cc2)S(C)(=O)=O)cc1OC. The molecule has 0 saturated heterocycles. The molecule has 0 saturated carbocycles. The summed E-state index contributed by atoms with van der Waals surface area (Å²) in [6.45, 7) is -0.517. The van der Waals surface area contributed by atoms with Crippen LogP contribution in [-0.4, -0.2) is 54.7 Å². The van der Waals surface area contributed by atoms with Gasteiger partial charge in [0.1, 0.15) is 6.54 Å². The van der Waals surface area contributed by atoms with Gasteiger partial charge in [0.05, 0.1) is 42.9 Å². The Hall–Kier alpha value is -3.84. The molecule has 11 nitrogen and oxygen atoms in total. The highest BCUT2D eigenvalue weighted by atomic mass is 32.2. The van der Waals surface area contributed by atoms with E-state index >= 15 is 0 Å². The largest absolute Gasteiger partial charge is 0.493 e. The van der Waals surface area contributed by atoms with Gasteiger partial charge in [0.15, 0.2) is 11.5 Å². The molecule has 13 heteroatoms. The molecule has 3 aromatic rings. The number of rotatable bonds is 10. The standard InChI is InChI=1S/C22H24N4O7S2/c1-32-20-11-8-18(13-21(20)33-2)26(34(3,28)29)15-22(27)24-16-6-9-19(10-7-16)35(30,31)25-17-5-4-12-23-14-17/h4-14,25H,15H2,1-3H3,(H,24,27). The molecule has 1 amide bonds. The lowest BCUT2D eigenvalue weighted by atomic mass is 10.2. The predicted octanol–water partition coefficient (Wildman–Crippen LogP) is 2.30. The summed E-state index contributed by atoms with van der Waals surface area (Å²) >= 11 is 0. The van der Waals surface area contributed by atoms with E-state index in [9.17, 15) is 21.6 Å². The summed E-state index contributed by atoms with van der Waals surface area (Å²) in [5, 5.41) is 2.57. The number of anilines is 3. The van der Waals surface area contributed by atoms with E-state index in [1.807, 2.05) is 0 Å². The van der Waals surface area contributed by atoms with Crippen molar-refractivity contribution in [2.24, 2.45) is 0 Å². The van der Waals surface area contributed by atoms with E-state index < -0.39 is 32.5 Å². The molecular formula is C22H24N4O7S2. The maximum absolute atomic E-state index is 12.6. The number of nitrogens with zero attached hydrogens (tertiary/aromatic N) is 2. The van der Waals surface area contributed by atoms with Crippen LogP contribution in [0, 0.1) is 0 Å². The first kappa shape index (κ1) is 25.8. The van der Waals surface area contributed by atoms with Crippen LogP contribution in [0.2, 0.25) is 0 Å². The summed E-state index contributed by atoms with van der Waals surface area (Å²) in [7, 11) is -4.82. The molecule has 1 heterocycles. The maximum Gasteiger partial charge on any atom is 0.261 e. The Kier molecular flexibility index (Phi) is 7.82. The molecule has 3 rings (SSSR count). The fourth-order valence-electron chi connectivity index (χ4n) is 3.07. The Morgan fingerprint density at radius 2 is 1.63 bits per heavy atom. The molecule has 2 aromatic carbocycles. The van der Waals surface area contributed by atoms with Gasteiger partial charge in [-0.3, -0.25) is 18.8 Å². The topological polar surface area (TPSA) is 144 Å². The van der Waals surface area contributed by atoms with Gasteiger partial charge in [0.2, 0.25) is 15.9 Å². The molecule has 0 radical (unpaired) electrons. The zero-order valence-corrected chi connectivity index (χ0v) is 20.8. The van der Waals surface area contributed by atoms with Crippen molar-refractivity contribution >= 4 is 43.0 Å². The third kappa shape index (κ3) is 6.61. The smallest absolute Gasteiger partial charge is 0.261 e. The number of sulfonamides is 2. The Labute approximate surface area is 203 Å². The molecule has 1 aromatic heterocycles. The van der Waals surface area contributed by atoms with Crippen LogP contribution in [0.1, 0.15) is 0 Å². The average Bonchev–Trinajstić information content (AvgIpc) is 2.82. The second kappa shape index (κ2) is 10.6. The minimum atomic E-state index is -3.86. The van der Waals surface area contributed by atoms with Gasteiger partial charge in [-0.2, -0.15) is 0 Å². The van der Waals surface area contributed by atoms with Crippen LogP contribution >= 0.6 is 0 Å². The number of hydrogen-bond donors (Lipinski definition) is 2. The van der Waals surface area contributed by atoms with Crippen LogP contribution in [0.15, 0.2) is 71.9 Å². The highest BCUT2D eigenvalue weighted by Crippen LogP contribution is 2.32.